The molecule has 0 fully saturated rings. The number of aromatic amines is 1. The molecule has 0 bridgehead atoms. The Labute approximate surface area is 140 Å². The van der Waals surface area contributed by atoms with Crippen LogP contribution in [-0.4, -0.2) is 29.7 Å². The molecule has 124 valence electrons. The fourth-order valence-corrected chi connectivity index (χ4v) is 2.81. The van der Waals surface area contributed by atoms with Crippen molar-refractivity contribution < 1.29 is 14.6 Å². The number of methoxy groups -OCH3 is 1. The zero-order valence-electron chi connectivity index (χ0n) is 13.7. The van der Waals surface area contributed by atoms with Gasteiger partial charge in [-0.1, -0.05) is 30.3 Å². The monoisotopic (exact) mass is 324 g/mol. The molecule has 1 unspecified atom stereocenters. The third-order valence-electron chi connectivity index (χ3n) is 4.06. The third kappa shape index (κ3) is 3.12. The Balaban J connectivity index is 1.73. The minimum absolute atomic E-state index is 0.130. The van der Waals surface area contributed by atoms with E-state index in [0.29, 0.717) is 16.9 Å². The number of ether oxygens (including phenoxy) is 1. The van der Waals surface area contributed by atoms with E-state index < -0.39 is 6.10 Å². The van der Waals surface area contributed by atoms with Crippen LogP contribution in [0.3, 0.4) is 0 Å². The highest BCUT2D eigenvalue weighted by Crippen LogP contribution is 2.22. The molecular formula is C19H20N2O3. The van der Waals surface area contributed by atoms with E-state index >= 15 is 0 Å². The number of fused-ring (bicyclic) bond motifs is 1. The quantitative estimate of drug-likeness (QED) is 0.675. The van der Waals surface area contributed by atoms with Crippen LogP contribution < -0.4 is 10.1 Å². The number of aliphatic hydroxyl groups excluding tert-OH is 1. The number of carbonyl (C=O) groups excluding carboxylic acids is 1. The lowest BCUT2D eigenvalue weighted by Gasteiger charge is -2.13. The van der Waals surface area contributed by atoms with Gasteiger partial charge in [0.1, 0.15) is 5.75 Å². The van der Waals surface area contributed by atoms with Crippen LogP contribution in [-0.2, 0) is 0 Å². The zero-order valence-corrected chi connectivity index (χ0v) is 13.7. The van der Waals surface area contributed by atoms with Gasteiger partial charge in [0.15, 0.2) is 0 Å². The minimum atomic E-state index is -0.797. The van der Waals surface area contributed by atoms with Crippen molar-refractivity contribution in [2.24, 2.45) is 0 Å². The summed E-state index contributed by atoms with van der Waals surface area (Å²) in [6, 6.07) is 14.8. The van der Waals surface area contributed by atoms with Crippen molar-refractivity contribution >= 4 is 16.8 Å². The third-order valence-corrected chi connectivity index (χ3v) is 4.06. The van der Waals surface area contributed by atoms with E-state index in [-0.39, 0.29) is 12.5 Å². The molecular weight excluding hydrogens is 304 g/mol. The van der Waals surface area contributed by atoms with Crippen LogP contribution in [0.2, 0.25) is 0 Å². The van der Waals surface area contributed by atoms with Crippen molar-refractivity contribution in [3.05, 3.63) is 65.4 Å². The summed E-state index contributed by atoms with van der Waals surface area (Å²) in [7, 11) is 1.58. The lowest BCUT2D eigenvalue weighted by atomic mass is 10.1. The van der Waals surface area contributed by atoms with Gasteiger partial charge >= 0.3 is 0 Å². The number of rotatable bonds is 5. The summed E-state index contributed by atoms with van der Waals surface area (Å²) >= 11 is 0. The molecule has 1 aromatic heterocycles. The number of benzene rings is 2. The first-order valence-electron chi connectivity index (χ1n) is 7.77. The van der Waals surface area contributed by atoms with E-state index in [1.54, 1.807) is 19.2 Å². The lowest BCUT2D eigenvalue weighted by molar-refractivity contribution is 0.0917. The Bertz CT molecular complexity index is 870. The summed E-state index contributed by atoms with van der Waals surface area (Å²) < 4.78 is 5.15. The highest BCUT2D eigenvalue weighted by Gasteiger charge is 2.17. The van der Waals surface area contributed by atoms with E-state index in [1.165, 1.54) is 0 Å². The number of hydrogen-bond donors (Lipinski definition) is 3. The molecule has 0 aliphatic rings. The Morgan fingerprint density at radius 1 is 1.25 bits per heavy atom. The summed E-state index contributed by atoms with van der Waals surface area (Å²) in [5.74, 6) is 0.470. The van der Waals surface area contributed by atoms with Gasteiger partial charge in [-0.2, -0.15) is 0 Å². The number of aliphatic hydroxyl groups is 1. The second kappa shape index (κ2) is 6.76. The molecule has 0 aliphatic carbocycles. The van der Waals surface area contributed by atoms with Crippen LogP contribution in [0.4, 0.5) is 0 Å². The normalized spacial score (nSPS) is 12.1. The average molecular weight is 324 g/mol. The molecule has 5 heteroatoms. The van der Waals surface area contributed by atoms with Crippen LogP contribution in [0.15, 0.2) is 48.5 Å². The highest BCUT2D eigenvalue weighted by molar-refractivity contribution is 6.08. The molecule has 1 atom stereocenters. The Morgan fingerprint density at radius 3 is 2.83 bits per heavy atom. The number of aryl methyl sites for hydroxylation is 1. The van der Waals surface area contributed by atoms with E-state index in [2.05, 4.69) is 10.3 Å². The van der Waals surface area contributed by atoms with Crippen molar-refractivity contribution in [3.8, 4) is 5.75 Å². The number of amides is 1. The summed E-state index contributed by atoms with van der Waals surface area (Å²) in [5.41, 5.74) is 3.05. The summed E-state index contributed by atoms with van der Waals surface area (Å²) in [5, 5.41) is 14.0. The van der Waals surface area contributed by atoms with Crippen molar-refractivity contribution in [2.45, 2.75) is 13.0 Å². The number of para-hydroxylation sites is 1. The second-order valence-electron chi connectivity index (χ2n) is 5.67. The Hall–Kier alpha value is -2.79. The van der Waals surface area contributed by atoms with Crippen LogP contribution in [0.25, 0.3) is 10.9 Å². The summed E-state index contributed by atoms with van der Waals surface area (Å²) in [4.78, 5) is 15.7. The standard InChI is InChI=1S/C19H20N2O3/c1-12-18(15-8-3-4-9-16(15)21-12)19(23)20-11-17(22)13-6-5-7-14(10-13)24-2/h3-10,17,21-22H,11H2,1-2H3,(H,20,23). The minimum Gasteiger partial charge on any atom is -0.497 e. The number of aromatic nitrogens is 1. The van der Waals surface area contributed by atoms with Gasteiger partial charge in [-0.05, 0) is 30.7 Å². The van der Waals surface area contributed by atoms with Crippen LogP contribution in [0, 0.1) is 6.92 Å². The molecule has 0 saturated heterocycles. The second-order valence-corrected chi connectivity index (χ2v) is 5.67. The van der Waals surface area contributed by atoms with E-state index in [0.717, 1.165) is 16.6 Å². The SMILES string of the molecule is COc1cccc(C(O)CNC(=O)c2c(C)[nH]c3ccccc23)c1. The van der Waals surface area contributed by atoms with E-state index in [1.807, 2.05) is 43.3 Å². The van der Waals surface area contributed by atoms with Crippen molar-refractivity contribution in [2.75, 3.05) is 13.7 Å². The van der Waals surface area contributed by atoms with Gasteiger partial charge in [0, 0.05) is 23.1 Å². The van der Waals surface area contributed by atoms with Gasteiger partial charge in [0.25, 0.3) is 5.91 Å². The van der Waals surface area contributed by atoms with Gasteiger partial charge in [-0.15, -0.1) is 0 Å². The predicted molar refractivity (Wildman–Crippen MR) is 93.3 cm³/mol. The first kappa shape index (κ1) is 16.1. The first-order valence-corrected chi connectivity index (χ1v) is 7.77. The van der Waals surface area contributed by atoms with Gasteiger partial charge in [-0.25, -0.2) is 0 Å². The van der Waals surface area contributed by atoms with Gasteiger partial charge in [-0.3, -0.25) is 4.79 Å². The maximum Gasteiger partial charge on any atom is 0.253 e. The van der Waals surface area contributed by atoms with Crippen molar-refractivity contribution in [3.63, 3.8) is 0 Å². The molecule has 1 amide bonds. The number of H-pyrrole nitrogens is 1. The number of nitrogens with one attached hydrogen (secondary N) is 2. The molecule has 0 radical (unpaired) electrons. The van der Waals surface area contributed by atoms with Crippen molar-refractivity contribution in [1.29, 1.82) is 0 Å². The summed E-state index contributed by atoms with van der Waals surface area (Å²) in [6.07, 6.45) is -0.797. The van der Waals surface area contributed by atoms with Gasteiger partial charge in [0.05, 0.1) is 18.8 Å². The fraction of sp³-hybridized carbons (Fsp3) is 0.211. The molecule has 1 heterocycles. The molecule has 0 aliphatic heterocycles. The lowest BCUT2D eigenvalue weighted by Crippen LogP contribution is -2.28. The number of hydrogen-bond acceptors (Lipinski definition) is 3. The van der Waals surface area contributed by atoms with E-state index in [4.69, 9.17) is 4.74 Å². The molecule has 5 nitrogen and oxygen atoms in total. The van der Waals surface area contributed by atoms with E-state index in [9.17, 15) is 9.90 Å². The van der Waals surface area contributed by atoms with Gasteiger partial charge < -0.3 is 20.1 Å². The molecule has 2 aromatic carbocycles. The molecule has 3 aromatic rings. The Kier molecular flexibility index (Phi) is 4.53. The molecule has 0 spiro atoms. The molecule has 0 saturated carbocycles. The highest BCUT2D eigenvalue weighted by atomic mass is 16.5. The topological polar surface area (TPSA) is 74.3 Å². The Morgan fingerprint density at radius 2 is 2.04 bits per heavy atom. The van der Waals surface area contributed by atoms with Crippen molar-refractivity contribution in [1.82, 2.24) is 10.3 Å². The largest absolute Gasteiger partial charge is 0.497 e. The first-order chi connectivity index (χ1) is 11.6. The fourth-order valence-electron chi connectivity index (χ4n) is 2.81. The molecule has 3 rings (SSSR count). The van der Waals surface area contributed by atoms with Crippen LogP contribution in [0.5, 0.6) is 5.75 Å². The smallest absolute Gasteiger partial charge is 0.253 e. The molecule has 24 heavy (non-hydrogen) atoms. The van der Waals surface area contributed by atoms with Crippen LogP contribution >= 0.6 is 0 Å². The maximum atomic E-state index is 12.5. The zero-order chi connectivity index (χ0) is 17.1. The summed E-state index contributed by atoms with van der Waals surface area (Å²) in [6.45, 7) is 2.00. The van der Waals surface area contributed by atoms with Gasteiger partial charge in [0.2, 0.25) is 0 Å². The molecule has 3 N–H and O–H groups in total. The predicted octanol–water partition coefficient (Wildman–Crippen LogP) is 2.95. The van der Waals surface area contributed by atoms with Crippen LogP contribution in [0.1, 0.15) is 27.7 Å². The number of carbonyl (C=O) groups is 1. The average Bonchev–Trinajstić information content (AvgIpc) is 2.95. The maximum absolute atomic E-state index is 12.5.